The van der Waals surface area contributed by atoms with E-state index in [0.717, 1.165) is 36.4 Å². The smallest absolute Gasteiger partial charge is 0.224 e. The van der Waals surface area contributed by atoms with Crippen LogP contribution >= 0.6 is 0 Å². The molecule has 2 N–H and O–H groups in total. The Hall–Kier alpha value is -2.26. The van der Waals surface area contributed by atoms with Gasteiger partial charge in [-0.2, -0.15) is 0 Å². The summed E-state index contributed by atoms with van der Waals surface area (Å²) in [5.41, 5.74) is 1.23. The summed E-state index contributed by atoms with van der Waals surface area (Å²) >= 11 is 0. The summed E-state index contributed by atoms with van der Waals surface area (Å²) in [6, 6.07) is 0. The van der Waals surface area contributed by atoms with Crippen molar-refractivity contribution in [1.82, 2.24) is 24.8 Å². The van der Waals surface area contributed by atoms with Gasteiger partial charge in [-0.3, -0.25) is 4.79 Å². The fourth-order valence-corrected chi connectivity index (χ4v) is 3.79. The molecule has 2 aromatic heterocycles. The summed E-state index contributed by atoms with van der Waals surface area (Å²) in [7, 11) is 1.67. The second-order valence-corrected chi connectivity index (χ2v) is 7.29. The lowest BCUT2D eigenvalue weighted by molar-refractivity contribution is -0.144. The van der Waals surface area contributed by atoms with Gasteiger partial charge in [-0.25, -0.2) is 15.0 Å². The Morgan fingerprint density at radius 3 is 2.96 bits per heavy atom. The van der Waals surface area contributed by atoms with Gasteiger partial charge < -0.3 is 24.6 Å². The molecule has 1 amide bonds. The van der Waals surface area contributed by atoms with Crippen LogP contribution in [0.2, 0.25) is 0 Å². The molecule has 2 aromatic rings. The molecule has 1 unspecified atom stereocenters. The lowest BCUT2D eigenvalue weighted by Crippen LogP contribution is -2.48. The summed E-state index contributed by atoms with van der Waals surface area (Å²) in [6.07, 6.45) is 5.12. The minimum atomic E-state index is -0.256. The molecule has 0 radical (unpaired) electrons. The van der Waals surface area contributed by atoms with Crippen molar-refractivity contribution in [2.24, 2.45) is 11.3 Å². The van der Waals surface area contributed by atoms with Crippen LogP contribution in [0.5, 0.6) is 0 Å². The van der Waals surface area contributed by atoms with Crippen LogP contribution in [0.1, 0.15) is 12.8 Å². The number of aliphatic hydroxyl groups is 1. The molecule has 4 heterocycles. The highest BCUT2D eigenvalue weighted by atomic mass is 16.5. The predicted molar refractivity (Wildman–Crippen MR) is 94.7 cm³/mol. The van der Waals surface area contributed by atoms with Crippen LogP contribution in [0.15, 0.2) is 12.7 Å². The fourth-order valence-electron chi connectivity index (χ4n) is 3.79. The number of nitrogens with zero attached hydrogens (tertiary/aromatic N) is 5. The molecule has 2 aliphatic rings. The van der Waals surface area contributed by atoms with E-state index in [1.165, 1.54) is 0 Å². The SMILES string of the molecule is CNC(=O)C1CCCN(c2ncnc3c2ncn3CC2(CO)COC2)C1. The van der Waals surface area contributed by atoms with E-state index in [1.807, 2.05) is 4.57 Å². The first kappa shape index (κ1) is 17.2. The summed E-state index contributed by atoms with van der Waals surface area (Å²) in [4.78, 5) is 27.5. The zero-order valence-electron chi connectivity index (χ0n) is 14.9. The molecule has 0 bridgehead atoms. The number of hydrogen-bond donors (Lipinski definition) is 2. The first-order chi connectivity index (χ1) is 12.7. The molecule has 2 fully saturated rings. The zero-order chi connectivity index (χ0) is 18.1. The van der Waals surface area contributed by atoms with Gasteiger partial charge in [0.05, 0.1) is 37.5 Å². The molecule has 2 saturated heterocycles. The number of anilines is 1. The lowest BCUT2D eigenvalue weighted by Gasteiger charge is -2.39. The third-order valence-electron chi connectivity index (χ3n) is 5.38. The van der Waals surface area contributed by atoms with Crippen molar-refractivity contribution in [2.75, 3.05) is 44.9 Å². The van der Waals surface area contributed by atoms with Gasteiger partial charge >= 0.3 is 0 Å². The third-order valence-corrected chi connectivity index (χ3v) is 5.38. The van der Waals surface area contributed by atoms with Crippen LogP contribution in [-0.4, -0.2) is 70.5 Å². The lowest BCUT2D eigenvalue weighted by atomic mass is 9.87. The maximum atomic E-state index is 12.0. The molecule has 0 spiro atoms. The Morgan fingerprint density at radius 1 is 1.42 bits per heavy atom. The number of rotatable bonds is 5. The van der Waals surface area contributed by atoms with Gasteiger partial charge in [0.25, 0.3) is 0 Å². The number of aliphatic hydroxyl groups excluding tert-OH is 1. The highest BCUT2D eigenvalue weighted by Crippen LogP contribution is 2.31. The minimum absolute atomic E-state index is 0.0364. The molecular formula is C17H24N6O3. The van der Waals surface area contributed by atoms with Gasteiger partial charge in [0.2, 0.25) is 5.91 Å². The quantitative estimate of drug-likeness (QED) is 0.760. The van der Waals surface area contributed by atoms with Gasteiger partial charge in [0.1, 0.15) is 6.33 Å². The maximum Gasteiger partial charge on any atom is 0.224 e. The van der Waals surface area contributed by atoms with Crippen molar-refractivity contribution in [1.29, 1.82) is 0 Å². The van der Waals surface area contributed by atoms with Crippen LogP contribution < -0.4 is 10.2 Å². The second-order valence-electron chi connectivity index (χ2n) is 7.29. The monoisotopic (exact) mass is 360 g/mol. The fraction of sp³-hybridized carbons (Fsp3) is 0.647. The number of carbonyl (C=O) groups excluding carboxylic acids is 1. The van der Waals surface area contributed by atoms with Gasteiger partial charge in [0.15, 0.2) is 17.0 Å². The Bertz CT molecular complexity index is 797. The number of aromatic nitrogens is 4. The number of hydrogen-bond acceptors (Lipinski definition) is 7. The Morgan fingerprint density at radius 2 is 2.27 bits per heavy atom. The average Bonchev–Trinajstić information content (AvgIpc) is 3.07. The number of piperidine rings is 1. The molecule has 2 aliphatic heterocycles. The number of fused-ring (bicyclic) bond motifs is 1. The van der Waals surface area contributed by atoms with Crippen molar-refractivity contribution in [3.8, 4) is 0 Å². The Balaban J connectivity index is 1.61. The van der Waals surface area contributed by atoms with Crippen molar-refractivity contribution < 1.29 is 14.6 Å². The van der Waals surface area contributed by atoms with E-state index in [-0.39, 0.29) is 23.8 Å². The van der Waals surface area contributed by atoms with E-state index >= 15 is 0 Å². The van der Waals surface area contributed by atoms with Crippen molar-refractivity contribution in [2.45, 2.75) is 19.4 Å². The molecule has 0 aromatic carbocycles. The Labute approximate surface area is 151 Å². The van der Waals surface area contributed by atoms with Crippen LogP contribution in [0, 0.1) is 11.3 Å². The van der Waals surface area contributed by atoms with E-state index in [1.54, 1.807) is 19.7 Å². The predicted octanol–water partition coefficient (Wildman–Crippen LogP) is -0.202. The maximum absolute atomic E-state index is 12.0. The Kier molecular flexibility index (Phi) is 4.49. The van der Waals surface area contributed by atoms with Crippen molar-refractivity contribution >= 4 is 22.9 Å². The molecular weight excluding hydrogens is 336 g/mol. The standard InChI is InChI=1S/C17H24N6O3/c1-18-16(25)12-3-2-4-22(5-12)14-13-15(20-10-19-14)23(11-21-13)6-17(7-24)8-26-9-17/h10-12,24H,2-9H2,1H3,(H,18,25). The van der Waals surface area contributed by atoms with E-state index < -0.39 is 0 Å². The number of imidazole rings is 1. The first-order valence-electron chi connectivity index (χ1n) is 8.97. The first-order valence-corrected chi connectivity index (χ1v) is 8.97. The van der Waals surface area contributed by atoms with Gasteiger partial charge in [-0.15, -0.1) is 0 Å². The number of amides is 1. The average molecular weight is 360 g/mol. The van der Waals surface area contributed by atoms with Crippen LogP contribution in [0.25, 0.3) is 11.2 Å². The van der Waals surface area contributed by atoms with E-state index in [2.05, 4.69) is 25.2 Å². The van der Waals surface area contributed by atoms with E-state index in [0.29, 0.717) is 26.3 Å². The number of nitrogens with one attached hydrogen (secondary N) is 1. The number of ether oxygens (including phenoxy) is 1. The normalized spacial score (nSPS) is 22.2. The minimum Gasteiger partial charge on any atom is -0.396 e. The summed E-state index contributed by atoms with van der Waals surface area (Å²) in [6.45, 7) is 3.25. The summed E-state index contributed by atoms with van der Waals surface area (Å²) in [5.74, 6) is 0.802. The molecule has 9 nitrogen and oxygen atoms in total. The van der Waals surface area contributed by atoms with Crippen LogP contribution in [0.3, 0.4) is 0 Å². The molecule has 140 valence electrons. The van der Waals surface area contributed by atoms with Crippen molar-refractivity contribution in [3.05, 3.63) is 12.7 Å². The van der Waals surface area contributed by atoms with Crippen LogP contribution in [-0.2, 0) is 16.1 Å². The second kappa shape index (κ2) is 6.81. The van der Waals surface area contributed by atoms with E-state index in [4.69, 9.17) is 4.74 Å². The molecule has 0 aliphatic carbocycles. The third kappa shape index (κ3) is 2.90. The number of carbonyl (C=O) groups is 1. The molecule has 26 heavy (non-hydrogen) atoms. The molecule has 0 saturated carbocycles. The zero-order valence-corrected chi connectivity index (χ0v) is 14.9. The molecule has 1 atom stereocenters. The van der Waals surface area contributed by atoms with Crippen molar-refractivity contribution in [3.63, 3.8) is 0 Å². The summed E-state index contributed by atoms with van der Waals surface area (Å²) in [5, 5.41) is 12.4. The summed E-state index contributed by atoms with van der Waals surface area (Å²) < 4.78 is 7.24. The molecule has 4 rings (SSSR count). The largest absolute Gasteiger partial charge is 0.396 e. The van der Waals surface area contributed by atoms with Gasteiger partial charge in [-0.1, -0.05) is 0 Å². The van der Waals surface area contributed by atoms with Gasteiger partial charge in [0, 0.05) is 26.7 Å². The van der Waals surface area contributed by atoms with E-state index in [9.17, 15) is 9.90 Å². The van der Waals surface area contributed by atoms with Crippen LogP contribution in [0.4, 0.5) is 5.82 Å². The van der Waals surface area contributed by atoms with Gasteiger partial charge in [-0.05, 0) is 12.8 Å². The molecule has 9 heteroatoms. The highest BCUT2D eigenvalue weighted by Gasteiger charge is 2.39. The topological polar surface area (TPSA) is 105 Å². The highest BCUT2D eigenvalue weighted by molar-refractivity contribution is 5.84.